The zero-order valence-electron chi connectivity index (χ0n) is 24.2. The maximum atomic E-state index is 14.5. The van der Waals surface area contributed by atoms with Crippen molar-refractivity contribution in [2.24, 2.45) is 5.92 Å². The van der Waals surface area contributed by atoms with Crippen LogP contribution in [0.25, 0.3) is 5.70 Å². The molecule has 2 aromatic rings. The minimum Gasteiger partial charge on any atom is -0.375 e. The highest BCUT2D eigenvalue weighted by Crippen LogP contribution is 2.33. The van der Waals surface area contributed by atoms with Gasteiger partial charge in [0.25, 0.3) is 11.8 Å². The fraction of sp³-hybridized carbons (Fsp3) is 0.419. The van der Waals surface area contributed by atoms with Crippen LogP contribution in [0.5, 0.6) is 0 Å². The number of methoxy groups -OCH3 is 1. The largest absolute Gasteiger partial charge is 0.375 e. The normalized spacial score (nSPS) is 18.3. The molecule has 0 aliphatic carbocycles. The topological polar surface area (TPSA) is 102 Å². The zero-order valence-corrected chi connectivity index (χ0v) is 24.2. The molecule has 10 nitrogen and oxygen atoms in total. The molecule has 1 fully saturated rings. The SMILES string of the molecule is COCC(=O)N1C=C(c2ccccc2)N(N(C(C)=O)[C@@H](Cc2ccccc2)C(=O)N2CCNCC2)C(=O)C1C(C)C. The van der Waals surface area contributed by atoms with Gasteiger partial charge in [0.05, 0.1) is 5.70 Å². The van der Waals surface area contributed by atoms with Gasteiger partial charge in [-0.1, -0.05) is 74.5 Å². The Balaban J connectivity index is 1.89. The lowest BCUT2D eigenvalue weighted by Crippen LogP contribution is -2.65. The molecule has 41 heavy (non-hydrogen) atoms. The highest BCUT2D eigenvalue weighted by molar-refractivity contribution is 5.99. The second kappa shape index (κ2) is 13.6. The smallest absolute Gasteiger partial charge is 0.269 e. The van der Waals surface area contributed by atoms with Crippen LogP contribution in [-0.2, 0) is 30.3 Å². The summed E-state index contributed by atoms with van der Waals surface area (Å²) in [6, 6.07) is 16.7. The predicted molar refractivity (Wildman–Crippen MR) is 155 cm³/mol. The Morgan fingerprint density at radius 1 is 1.00 bits per heavy atom. The Hall–Kier alpha value is -4.02. The van der Waals surface area contributed by atoms with Crippen molar-refractivity contribution in [2.75, 3.05) is 39.9 Å². The van der Waals surface area contributed by atoms with Crippen LogP contribution in [0, 0.1) is 5.92 Å². The van der Waals surface area contributed by atoms with Crippen LogP contribution < -0.4 is 5.32 Å². The summed E-state index contributed by atoms with van der Waals surface area (Å²) in [5.74, 6) is -1.81. The van der Waals surface area contributed by atoms with Gasteiger partial charge in [0, 0.05) is 58.4 Å². The van der Waals surface area contributed by atoms with E-state index in [1.807, 2.05) is 74.5 Å². The Bertz CT molecular complexity index is 1260. The van der Waals surface area contributed by atoms with E-state index in [-0.39, 0.29) is 30.8 Å². The molecule has 2 atom stereocenters. The van der Waals surface area contributed by atoms with E-state index in [4.69, 9.17) is 4.74 Å². The van der Waals surface area contributed by atoms with Gasteiger partial charge in [0.1, 0.15) is 18.7 Å². The Morgan fingerprint density at radius 2 is 1.61 bits per heavy atom. The van der Waals surface area contributed by atoms with E-state index in [0.717, 1.165) is 5.56 Å². The number of rotatable bonds is 9. The number of hydrogen-bond donors (Lipinski definition) is 1. The first-order valence-electron chi connectivity index (χ1n) is 14.0. The monoisotopic (exact) mass is 561 g/mol. The summed E-state index contributed by atoms with van der Waals surface area (Å²) < 4.78 is 5.11. The van der Waals surface area contributed by atoms with Crippen LogP contribution in [0.4, 0.5) is 0 Å². The third-order valence-electron chi connectivity index (χ3n) is 7.33. The molecular formula is C31H39N5O5. The highest BCUT2D eigenvalue weighted by Gasteiger charge is 2.47. The number of amides is 4. The lowest BCUT2D eigenvalue weighted by Gasteiger charge is -2.47. The molecule has 0 aromatic heterocycles. The number of hydrogen-bond acceptors (Lipinski definition) is 6. The van der Waals surface area contributed by atoms with Gasteiger partial charge in [-0.3, -0.25) is 19.2 Å². The van der Waals surface area contributed by atoms with Crippen LogP contribution in [0.3, 0.4) is 0 Å². The van der Waals surface area contributed by atoms with Gasteiger partial charge in [-0.25, -0.2) is 10.0 Å². The fourth-order valence-electron chi connectivity index (χ4n) is 5.40. The van der Waals surface area contributed by atoms with E-state index in [0.29, 0.717) is 37.4 Å². The average molecular weight is 562 g/mol. The van der Waals surface area contributed by atoms with Crippen molar-refractivity contribution in [3.63, 3.8) is 0 Å². The summed E-state index contributed by atoms with van der Waals surface area (Å²) >= 11 is 0. The number of nitrogens with zero attached hydrogens (tertiary/aromatic N) is 4. The van der Waals surface area contributed by atoms with Crippen LogP contribution in [0.15, 0.2) is 66.9 Å². The minimum absolute atomic E-state index is 0.205. The molecule has 1 unspecified atom stereocenters. The number of hydrazine groups is 1. The number of benzene rings is 2. The first-order valence-corrected chi connectivity index (χ1v) is 14.0. The maximum Gasteiger partial charge on any atom is 0.269 e. The first kappa shape index (κ1) is 30.0. The molecule has 218 valence electrons. The first-order chi connectivity index (χ1) is 19.7. The molecule has 0 bridgehead atoms. The van der Waals surface area contributed by atoms with Crippen LogP contribution >= 0.6 is 0 Å². The Morgan fingerprint density at radius 3 is 2.17 bits per heavy atom. The summed E-state index contributed by atoms with van der Waals surface area (Å²) in [4.78, 5) is 58.6. The van der Waals surface area contributed by atoms with E-state index in [2.05, 4.69) is 5.32 Å². The molecule has 10 heteroatoms. The molecular weight excluding hydrogens is 522 g/mol. The van der Waals surface area contributed by atoms with Gasteiger partial charge >= 0.3 is 0 Å². The summed E-state index contributed by atoms with van der Waals surface area (Å²) in [5, 5.41) is 5.88. The van der Waals surface area contributed by atoms with Crippen molar-refractivity contribution in [1.29, 1.82) is 0 Å². The van der Waals surface area contributed by atoms with E-state index in [1.54, 1.807) is 11.1 Å². The molecule has 0 radical (unpaired) electrons. The molecule has 2 aliphatic rings. The molecule has 1 N–H and O–H groups in total. The standard InChI is InChI=1S/C31H39N5O5/c1-22(2)29-31(40)36(27(25-13-9-6-10-14-25)20-34(29)28(38)21-41-4)35(23(3)37)26(19-24-11-7-5-8-12-24)30(39)33-17-15-32-16-18-33/h5-14,20,22,26,29,32H,15-19,21H2,1-4H3/t26-,29?/m0/s1. The third-order valence-corrected chi connectivity index (χ3v) is 7.33. The third kappa shape index (κ3) is 6.66. The van der Waals surface area contributed by atoms with E-state index in [9.17, 15) is 19.2 Å². The number of carbonyl (C=O) groups excluding carboxylic acids is 4. The molecule has 2 heterocycles. The van der Waals surface area contributed by atoms with Crippen molar-refractivity contribution in [3.05, 3.63) is 78.0 Å². The van der Waals surface area contributed by atoms with Gasteiger partial charge in [-0.15, -0.1) is 0 Å². The molecule has 0 saturated carbocycles. The maximum absolute atomic E-state index is 14.5. The average Bonchev–Trinajstić information content (AvgIpc) is 2.98. The lowest BCUT2D eigenvalue weighted by atomic mass is 9.97. The van der Waals surface area contributed by atoms with Gasteiger partial charge in [-0.2, -0.15) is 0 Å². The summed E-state index contributed by atoms with van der Waals surface area (Å²) in [5.41, 5.74) is 1.81. The van der Waals surface area contributed by atoms with E-state index < -0.39 is 23.9 Å². The van der Waals surface area contributed by atoms with Gasteiger partial charge in [0.2, 0.25) is 11.8 Å². The highest BCUT2D eigenvalue weighted by atomic mass is 16.5. The minimum atomic E-state index is -0.988. The van der Waals surface area contributed by atoms with E-state index in [1.165, 1.54) is 29.0 Å². The van der Waals surface area contributed by atoms with Gasteiger partial charge in [0.15, 0.2) is 0 Å². The fourth-order valence-corrected chi connectivity index (χ4v) is 5.40. The van der Waals surface area contributed by atoms with Crippen molar-refractivity contribution >= 4 is 29.3 Å². The Kier molecular flexibility index (Phi) is 9.91. The van der Waals surface area contributed by atoms with Crippen LogP contribution in [0.1, 0.15) is 31.9 Å². The second-order valence-electron chi connectivity index (χ2n) is 10.6. The van der Waals surface area contributed by atoms with Crippen molar-refractivity contribution < 1.29 is 23.9 Å². The molecule has 0 spiro atoms. The summed E-state index contributed by atoms with van der Waals surface area (Å²) in [6.45, 7) is 7.15. The Labute approximate surface area is 241 Å². The molecule has 4 amide bonds. The van der Waals surface area contributed by atoms with Crippen LogP contribution in [0.2, 0.25) is 0 Å². The summed E-state index contributed by atoms with van der Waals surface area (Å²) in [7, 11) is 1.43. The number of nitrogens with one attached hydrogen (secondary N) is 1. The molecule has 1 saturated heterocycles. The number of ether oxygens (including phenoxy) is 1. The summed E-state index contributed by atoms with van der Waals surface area (Å²) in [6.07, 6.45) is 1.82. The van der Waals surface area contributed by atoms with Crippen LogP contribution in [-0.4, -0.2) is 95.4 Å². The zero-order chi connectivity index (χ0) is 29.5. The lowest BCUT2D eigenvalue weighted by molar-refractivity contribution is -0.171. The molecule has 2 aliphatic heterocycles. The second-order valence-corrected chi connectivity index (χ2v) is 10.6. The van der Waals surface area contributed by atoms with Gasteiger partial charge < -0.3 is 19.9 Å². The molecule has 2 aromatic carbocycles. The quantitative estimate of drug-likeness (QED) is 0.503. The van der Waals surface area contributed by atoms with E-state index >= 15 is 0 Å². The van der Waals surface area contributed by atoms with Crippen molar-refractivity contribution in [3.8, 4) is 0 Å². The van der Waals surface area contributed by atoms with Gasteiger partial charge in [-0.05, 0) is 11.5 Å². The predicted octanol–water partition coefficient (Wildman–Crippen LogP) is 2.13. The number of carbonyl (C=O) groups is 4. The van der Waals surface area contributed by atoms with Crippen molar-refractivity contribution in [2.45, 2.75) is 39.3 Å². The number of piperazine rings is 1. The van der Waals surface area contributed by atoms with Crippen molar-refractivity contribution in [1.82, 2.24) is 25.1 Å². The molecule has 4 rings (SSSR count).